The van der Waals surface area contributed by atoms with E-state index in [4.69, 9.17) is 5.84 Å². The summed E-state index contributed by atoms with van der Waals surface area (Å²) in [4.78, 5) is 5.78. The monoisotopic (exact) mass is 269 g/mol. The van der Waals surface area contributed by atoms with Gasteiger partial charge in [-0.15, -0.1) is 11.3 Å². The summed E-state index contributed by atoms with van der Waals surface area (Å²) in [6, 6.07) is 14.4. The third-order valence-electron chi connectivity index (χ3n) is 3.18. The predicted octanol–water partition coefficient (Wildman–Crippen LogP) is 3.16. The Morgan fingerprint density at radius 2 is 2.05 bits per heavy atom. The van der Waals surface area contributed by atoms with Crippen molar-refractivity contribution in [2.75, 3.05) is 0 Å². The number of thiophene rings is 1. The lowest BCUT2D eigenvalue weighted by Gasteiger charge is -2.17. The maximum atomic E-state index is 5.77. The number of para-hydroxylation sites is 1. The van der Waals surface area contributed by atoms with Gasteiger partial charge in [0.1, 0.15) is 0 Å². The summed E-state index contributed by atoms with van der Waals surface area (Å²) in [6.07, 6.45) is 0. The number of fused-ring (bicyclic) bond motifs is 1. The van der Waals surface area contributed by atoms with E-state index in [1.54, 1.807) is 11.3 Å². The first-order valence-corrected chi connectivity index (χ1v) is 7.03. The first kappa shape index (κ1) is 12.3. The number of nitrogens with one attached hydrogen (secondary N) is 1. The largest absolute Gasteiger partial charge is 0.271 e. The van der Waals surface area contributed by atoms with Crippen LogP contribution in [0.1, 0.15) is 22.2 Å². The van der Waals surface area contributed by atoms with Crippen molar-refractivity contribution in [2.45, 2.75) is 13.0 Å². The van der Waals surface area contributed by atoms with E-state index >= 15 is 0 Å². The zero-order chi connectivity index (χ0) is 13.2. The number of hydrogen-bond donors (Lipinski definition) is 2. The third kappa shape index (κ3) is 2.26. The second-order valence-electron chi connectivity index (χ2n) is 4.49. The molecule has 3 aromatic rings. The van der Waals surface area contributed by atoms with Crippen molar-refractivity contribution in [1.29, 1.82) is 0 Å². The van der Waals surface area contributed by atoms with Crippen molar-refractivity contribution in [2.24, 2.45) is 5.84 Å². The molecule has 1 unspecified atom stereocenters. The molecule has 96 valence electrons. The fourth-order valence-corrected chi connectivity index (χ4v) is 3.16. The number of aromatic nitrogens is 1. The van der Waals surface area contributed by atoms with Crippen LogP contribution in [0.25, 0.3) is 10.9 Å². The molecule has 0 aliphatic heterocycles. The summed E-state index contributed by atoms with van der Waals surface area (Å²) in [5.74, 6) is 5.77. The lowest BCUT2D eigenvalue weighted by molar-refractivity contribution is 0.649. The van der Waals surface area contributed by atoms with Crippen LogP contribution in [0.3, 0.4) is 0 Å². The van der Waals surface area contributed by atoms with Crippen LogP contribution >= 0.6 is 11.3 Å². The maximum Gasteiger partial charge on any atom is 0.0809 e. The zero-order valence-electron chi connectivity index (χ0n) is 10.6. The molecule has 2 heterocycles. The number of rotatable bonds is 3. The Labute approximate surface area is 116 Å². The summed E-state index contributed by atoms with van der Waals surface area (Å²) in [5.41, 5.74) is 6.11. The minimum atomic E-state index is 0.00611. The molecule has 0 amide bonds. The van der Waals surface area contributed by atoms with Crippen molar-refractivity contribution in [1.82, 2.24) is 10.4 Å². The second kappa shape index (κ2) is 5.09. The molecule has 0 aliphatic carbocycles. The van der Waals surface area contributed by atoms with Gasteiger partial charge in [-0.3, -0.25) is 10.8 Å². The molecule has 4 heteroatoms. The van der Waals surface area contributed by atoms with Gasteiger partial charge in [-0.05, 0) is 36.1 Å². The van der Waals surface area contributed by atoms with E-state index in [9.17, 15) is 0 Å². The van der Waals surface area contributed by atoms with Crippen LogP contribution in [0.15, 0.2) is 47.8 Å². The topological polar surface area (TPSA) is 50.9 Å². The van der Waals surface area contributed by atoms with Crippen molar-refractivity contribution in [3.05, 3.63) is 64.0 Å². The molecule has 1 aromatic carbocycles. The Bertz CT molecular complexity index is 692. The molecule has 0 saturated carbocycles. The molecule has 0 bridgehead atoms. The number of hydrogen-bond acceptors (Lipinski definition) is 4. The van der Waals surface area contributed by atoms with Gasteiger partial charge in [0, 0.05) is 16.0 Å². The standard InChI is InChI=1S/C15H15N3S/c1-10-9-12(11-5-2-3-6-13(11)17-10)15(18-16)14-7-4-8-19-14/h2-9,15,18H,16H2,1H3. The van der Waals surface area contributed by atoms with E-state index in [0.717, 1.165) is 16.6 Å². The van der Waals surface area contributed by atoms with Crippen LogP contribution in [0.4, 0.5) is 0 Å². The molecule has 0 fully saturated rings. The van der Waals surface area contributed by atoms with Gasteiger partial charge in [-0.2, -0.15) is 0 Å². The highest BCUT2D eigenvalue weighted by atomic mass is 32.1. The molecule has 3 nitrogen and oxygen atoms in total. The van der Waals surface area contributed by atoms with Gasteiger partial charge in [0.2, 0.25) is 0 Å². The highest BCUT2D eigenvalue weighted by Crippen LogP contribution is 2.30. The quantitative estimate of drug-likeness (QED) is 0.567. The Morgan fingerprint density at radius 1 is 1.21 bits per heavy atom. The van der Waals surface area contributed by atoms with Crippen molar-refractivity contribution < 1.29 is 0 Å². The van der Waals surface area contributed by atoms with Gasteiger partial charge in [0.25, 0.3) is 0 Å². The fraction of sp³-hybridized carbons (Fsp3) is 0.133. The Hall–Kier alpha value is -1.75. The Kier molecular flexibility index (Phi) is 3.29. The Morgan fingerprint density at radius 3 is 2.79 bits per heavy atom. The number of nitrogens with zero attached hydrogens (tertiary/aromatic N) is 1. The zero-order valence-corrected chi connectivity index (χ0v) is 11.4. The fourth-order valence-electron chi connectivity index (χ4n) is 2.36. The van der Waals surface area contributed by atoms with Gasteiger partial charge in [-0.25, -0.2) is 5.43 Å². The van der Waals surface area contributed by atoms with Crippen molar-refractivity contribution in [3.63, 3.8) is 0 Å². The molecular formula is C15H15N3S. The molecule has 0 saturated heterocycles. The number of aryl methyl sites for hydroxylation is 1. The van der Waals surface area contributed by atoms with E-state index in [2.05, 4.69) is 34.0 Å². The number of pyridine rings is 1. The average Bonchev–Trinajstić information content (AvgIpc) is 2.93. The number of benzene rings is 1. The third-order valence-corrected chi connectivity index (χ3v) is 4.12. The van der Waals surface area contributed by atoms with Crippen LogP contribution < -0.4 is 11.3 Å². The van der Waals surface area contributed by atoms with Gasteiger partial charge in [0.05, 0.1) is 11.6 Å². The maximum absolute atomic E-state index is 5.77. The first-order chi connectivity index (χ1) is 9.29. The summed E-state index contributed by atoms with van der Waals surface area (Å²) >= 11 is 1.70. The summed E-state index contributed by atoms with van der Waals surface area (Å²) < 4.78 is 0. The van der Waals surface area contributed by atoms with E-state index in [0.29, 0.717) is 0 Å². The number of hydrazine groups is 1. The summed E-state index contributed by atoms with van der Waals surface area (Å²) in [7, 11) is 0. The first-order valence-electron chi connectivity index (χ1n) is 6.15. The van der Waals surface area contributed by atoms with Gasteiger partial charge < -0.3 is 0 Å². The van der Waals surface area contributed by atoms with Gasteiger partial charge in [-0.1, -0.05) is 24.3 Å². The van der Waals surface area contributed by atoms with E-state index in [1.165, 1.54) is 10.4 Å². The Balaban J connectivity index is 2.23. The number of nitrogens with two attached hydrogens (primary N) is 1. The molecule has 1 atom stereocenters. The SMILES string of the molecule is Cc1cc(C(NN)c2cccs2)c2ccccc2n1. The minimum absolute atomic E-state index is 0.00611. The van der Waals surface area contributed by atoms with Gasteiger partial charge >= 0.3 is 0 Å². The van der Waals surface area contributed by atoms with Crippen LogP contribution in [-0.4, -0.2) is 4.98 Å². The van der Waals surface area contributed by atoms with E-state index in [-0.39, 0.29) is 6.04 Å². The summed E-state index contributed by atoms with van der Waals surface area (Å²) in [6.45, 7) is 2.01. The highest BCUT2D eigenvalue weighted by Gasteiger charge is 2.17. The smallest absolute Gasteiger partial charge is 0.0809 e. The average molecular weight is 269 g/mol. The highest BCUT2D eigenvalue weighted by molar-refractivity contribution is 7.10. The van der Waals surface area contributed by atoms with Crippen LogP contribution in [0.2, 0.25) is 0 Å². The molecule has 0 radical (unpaired) electrons. The van der Waals surface area contributed by atoms with Crippen molar-refractivity contribution >= 4 is 22.2 Å². The van der Waals surface area contributed by atoms with Crippen LogP contribution in [-0.2, 0) is 0 Å². The molecule has 19 heavy (non-hydrogen) atoms. The van der Waals surface area contributed by atoms with Crippen LogP contribution in [0, 0.1) is 6.92 Å². The molecule has 0 spiro atoms. The van der Waals surface area contributed by atoms with Crippen LogP contribution in [0.5, 0.6) is 0 Å². The normalized spacial score (nSPS) is 12.7. The summed E-state index contributed by atoms with van der Waals surface area (Å²) in [5, 5.41) is 3.21. The predicted molar refractivity (Wildman–Crippen MR) is 80.0 cm³/mol. The molecule has 0 aliphatic rings. The second-order valence-corrected chi connectivity index (χ2v) is 5.46. The van der Waals surface area contributed by atoms with Gasteiger partial charge in [0.15, 0.2) is 0 Å². The van der Waals surface area contributed by atoms with E-state index < -0.39 is 0 Å². The molecule has 3 rings (SSSR count). The lowest BCUT2D eigenvalue weighted by Crippen LogP contribution is -2.28. The molecule has 3 N–H and O–H groups in total. The molecule has 2 aromatic heterocycles. The minimum Gasteiger partial charge on any atom is -0.271 e. The van der Waals surface area contributed by atoms with E-state index in [1.807, 2.05) is 31.2 Å². The lowest BCUT2D eigenvalue weighted by atomic mass is 10.00. The molecular weight excluding hydrogens is 254 g/mol. The van der Waals surface area contributed by atoms with Crippen molar-refractivity contribution in [3.8, 4) is 0 Å².